The molecule has 0 aliphatic carbocycles. The van der Waals surface area contributed by atoms with Crippen molar-refractivity contribution in [1.82, 2.24) is 25.1 Å². The number of aryl methyl sites for hydroxylation is 1. The van der Waals surface area contributed by atoms with Crippen LogP contribution in [0.25, 0.3) is 0 Å². The second kappa shape index (κ2) is 4.24. The van der Waals surface area contributed by atoms with Crippen LogP contribution in [0.5, 0.6) is 0 Å². The van der Waals surface area contributed by atoms with Crippen molar-refractivity contribution in [2.75, 3.05) is 13.2 Å². The fourth-order valence-electron chi connectivity index (χ4n) is 1.90. The molecule has 0 aromatic carbocycles. The van der Waals surface area contributed by atoms with Crippen LogP contribution in [0.4, 0.5) is 0 Å². The van der Waals surface area contributed by atoms with E-state index < -0.39 is 0 Å². The molecule has 2 rings (SSSR count). The van der Waals surface area contributed by atoms with Crippen molar-refractivity contribution in [2.45, 2.75) is 32.5 Å². The van der Waals surface area contributed by atoms with Gasteiger partial charge in [-0.05, 0) is 19.1 Å². The molecule has 0 radical (unpaired) electrons. The number of aromatic nitrogens is 4. The zero-order chi connectivity index (χ0) is 10.8. The third-order valence-electron chi connectivity index (χ3n) is 2.72. The second-order valence-corrected chi connectivity index (χ2v) is 4.10. The quantitative estimate of drug-likeness (QED) is 0.679. The van der Waals surface area contributed by atoms with Crippen LogP contribution in [-0.4, -0.2) is 50.4 Å². The molecule has 0 amide bonds. The molecule has 15 heavy (non-hydrogen) atoms. The van der Waals surface area contributed by atoms with E-state index in [2.05, 4.69) is 34.2 Å². The molecule has 1 saturated heterocycles. The summed E-state index contributed by atoms with van der Waals surface area (Å²) < 4.78 is 5.46. The Morgan fingerprint density at radius 1 is 1.33 bits per heavy atom. The van der Waals surface area contributed by atoms with E-state index in [0.29, 0.717) is 12.1 Å². The SMILES string of the molecule is CC1COCC(C)N1Cc1nnn(C)n1. The minimum absolute atomic E-state index is 0.414. The van der Waals surface area contributed by atoms with Crippen LogP contribution in [0.3, 0.4) is 0 Å². The Labute approximate surface area is 89.2 Å². The fraction of sp³-hybridized carbons (Fsp3) is 0.889. The number of hydrogen-bond acceptors (Lipinski definition) is 5. The maximum Gasteiger partial charge on any atom is 0.188 e. The van der Waals surface area contributed by atoms with E-state index in [1.54, 1.807) is 7.05 Å². The summed E-state index contributed by atoms with van der Waals surface area (Å²) in [5.41, 5.74) is 0. The molecular formula is C9H17N5O. The first-order chi connectivity index (χ1) is 7.16. The van der Waals surface area contributed by atoms with Crippen molar-refractivity contribution in [3.05, 3.63) is 5.82 Å². The van der Waals surface area contributed by atoms with Crippen molar-refractivity contribution in [3.8, 4) is 0 Å². The van der Waals surface area contributed by atoms with Crippen LogP contribution in [0.1, 0.15) is 19.7 Å². The van der Waals surface area contributed by atoms with Crippen molar-refractivity contribution in [3.63, 3.8) is 0 Å². The number of tetrazole rings is 1. The Balaban J connectivity index is 2.03. The van der Waals surface area contributed by atoms with Gasteiger partial charge in [0.25, 0.3) is 0 Å². The molecule has 2 heterocycles. The number of rotatable bonds is 2. The highest BCUT2D eigenvalue weighted by Gasteiger charge is 2.26. The first-order valence-electron chi connectivity index (χ1n) is 5.23. The molecule has 0 saturated carbocycles. The van der Waals surface area contributed by atoms with Crippen LogP contribution in [0, 0.1) is 0 Å². The minimum atomic E-state index is 0.414. The molecule has 0 N–H and O–H groups in total. The molecule has 1 fully saturated rings. The molecule has 0 spiro atoms. The largest absolute Gasteiger partial charge is 0.378 e. The minimum Gasteiger partial charge on any atom is -0.378 e. The van der Waals surface area contributed by atoms with Crippen molar-refractivity contribution in [2.24, 2.45) is 7.05 Å². The number of ether oxygens (including phenoxy) is 1. The summed E-state index contributed by atoms with van der Waals surface area (Å²) in [5, 5.41) is 12.0. The summed E-state index contributed by atoms with van der Waals surface area (Å²) in [7, 11) is 1.78. The van der Waals surface area contributed by atoms with E-state index in [0.717, 1.165) is 25.6 Å². The van der Waals surface area contributed by atoms with Crippen molar-refractivity contribution < 1.29 is 4.74 Å². The van der Waals surface area contributed by atoms with Gasteiger partial charge in [-0.1, -0.05) is 0 Å². The van der Waals surface area contributed by atoms with Gasteiger partial charge < -0.3 is 4.74 Å². The van der Waals surface area contributed by atoms with E-state index in [-0.39, 0.29) is 0 Å². The summed E-state index contributed by atoms with van der Waals surface area (Å²) in [6.07, 6.45) is 0. The van der Waals surface area contributed by atoms with Crippen LogP contribution in [0.2, 0.25) is 0 Å². The van der Waals surface area contributed by atoms with Crippen LogP contribution >= 0.6 is 0 Å². The van der Waals surface area contributed by atoms with Gasteiger partial charge in [-0.15, -0.1) is 10.2 Å². The third-order valence-corrected chi connectivity index (χ3v) is 2.72. The highest BCUT2D eigenvalue weighted by atomic mass is 16.5. The van der Waals surface area contributed by atoms with Gasteiger partial charge in [0.2, 0.25) is 0 Å². The van der Waals surface area contributed by atoms with Gasteiger partial charge >= 0.3 is 0 Å². The lowest BCUT2D eigenvalue weighted by Gasteiger charge is -2.37. The molecular weight excluding hydrogens is 194 g/mol. The summed E-state index contributed by atoms with van der Waals surface area (Å²) in [5.74, 6) is 0.776. The Hall–Kier alpha value is -1.01. The van der Waals surface area contributed by atoms with Gasteiger partial charge in [-0.25, -0.2) is 0 Å². The number of hydrogen-bond donors (Lipinski definition) is 0. The summed E-state index contributed by atoms with van der Waals surface area (Å²) >= 11 is 0. The molecule has 2 unspecified atom stereocenters. The van der Waals surface area contributed by atoms with Crippen molar-refractivity contribution in [1.29, 1.82) is 0 Å². The lowest BCUT2D eigenvalue weighted by atomic mass is 10.2. The van der Waals surface area contributed by atoms with Crippen LogP contribution < -0.4 is 0 Å². The predicted molar refractivity (Wildman–Crippen MR) is 54.1 cm³/mol. The molecule has 1 aromatic heterocycles. The van der Waals surface area contributed by atoms with Gasteiger partial charge in [0.1, 0.15) is 0 Å². The Morgan fingerprint density at radius 2 is 2.00 bits per heavy atom. The maximum absolute atomic E-state index is 5.46. The van der Waals surface area contributed by atoms with E-state index in [1.165, 1.54) is 4.80 Å². The third kappa shape index (κ3) is 2.32. The lowest BCUT2D eigenvalue weighted by Crippen LogP contribution is -2.49. The summed E-state index contributed by atoms with van der Waals surface area (Å²) in [4.78, 5) is 3.84. The number of nitrogens with zero attached hydrogens (tertiary/aromatic N) is 5. The van der Waals surface area contributed by atoms with Crippen LogP contribution in [0.15, 0.2) is 0 Å². The standard InChI is InChI=1S/C9H17N5O/c1-7-5-15-6-8(2)14(7)4-9-10-12-13(3)11-9/h7-8H,4-6H2,1-3H3. The Kier molecular flexibility index (Phi) is 2.97. The molecule has 2 atom stereocenters. The first-order valence-corrected chi connectivity index (χ1v) is 5.23. The van der Waals surface area contributed by atoms with E-state index >= 15 is 0 Å². The predicted octanol–water partition coefficient (Wildman–Crippen LogP) is -0.181. The van der Waals surface area contributed by atoms with E-state index in [4.69, 9.17) is 4.74 Å². The van der Waals surface area contributed by atoms with Gasteiger partial charge in [0.15, 0.2) is 5.82 Å². The Bertz CT molecular complexity index is 316. The maximum atomic E-state index is 5.46. The fourth-order valence-corrected chi connectivity index (χ4v) is 1.90. The zero-order valence-electron chi connectivity index (χ0n) is 9.42. The highest BCUT2D eigenvalue weighted by molar-refractivity contribution is 4.84. The van der Waals surface area contributed by atoms with Crippen molar-refractivity contribution >= 4 is 0 Å². The summed E-state index contributed by atoms with van der Waals surface area (Å²) in [6.45, 7) is 6.63. The first kappa shape index (κ1) is 10.5. The van der Waals surface area contributed by atoms with Gasteiger partial charge in [0, 0.05) is 12.1 Å². The average molecular weight is 211 g/mol. The van der Waals surface area contributed by atoms with Gasteiger partial charge in [-0.3, -0.25) is 4.90 Å². The molecule has 1 aromatic rings. The van der Waals surface area contributed by atoms with Gasteiger partial charge in [-0.2, -0.15) is 4.80 Å². The molecule has 6 heteroatoms. The number of morpholine rings is 1. The molecule has 1 aliphatic heterocycles. The normalized spacial score (nSPS) is 28.2. The van der Waals surface area contributed by atoms with Gasteiger partial charge in [0.05, 0.1) is 26.8 Å². The topological polar surface area (TPSA) is 56.1 Å². The molecule has 6 nitrogen and oxygen atoms in total. The molecule has 84 valence electrons. The molecule has 0 bridgehead atoms. The van der Waals surface area contributed by atoms with Crippen LogP contribution in [-0.2, 0) is 18.3 Å². The smallest absolute Gasteiger partial charge is 0.188 e. The average Bonchev–Trinajstić information content (AvgIpc) is 2.58. The Morgan fingerprint density at radius 3 is 2.53 bits per heavy atom. The zero-order valence-corrected chi connectivity index (χ0v) is 9.42. The summed E-state index contributed by atoms with van der Waals surface area (Å²) in [6, 6.07) is 0.829. The second-order valence-electron chi connectivity index (χ2n) is 4.10. The van der Waals surface area contributed by atoms with E-state index in [1.807, 2.05) is 0 Å². The molecule has 1 aliphatic rings. The highest BCUT2D eigenvalue weighted by Crippen LogP contribution is 2.14. The van der Waals surface area contributed by atoms with E-state index in [9.17, 15) is 0 Å². The monoisotopic (exact) mass is 211 g/mol. The lowest BCUT2D eigenvalue weighted by molar-refractivity contribution is -0.0420.